The number of nitrogens with zero attached hydrogens (tertiary/aromatic N) is 1. The van der Waals surface area contributed by atoms with Crippen LogP contribution in [0.5, 0.6) is 0 Å². The minimum atomic E-state index is -0.159. The number of likely N-dealkylation sites (tertiary alicyclic amines) is 1. The van der Waals surface area contributed by atoms with E-state index in [9.17, 15) is 4.79 Å². The zero-order chi connectivity index (χ0) is 17.4. The SMILES string of the molecule is CCCCOC(=O)N1CC[C@@](CCc2csc(C)c2)(COCC)C1. The molecule has 0 aliphatic carbocycles. The van der Waals surface area contributed by atoms with Crippen molar-refractivity contribution in [2.24, 2.45) is 5.41 Å². The predicted octanol–water partition coefficient (Wildman–Crippen LogP) is 4.65. The van der Waals surface area contributed by atoms with Gasteiger partial charge in [-0.1, -0.05) is 13.3 Å². The Labute approximate surface area is 150 Å². The lowest BCUT2D eigenvalue weighted by atomic mass is 9.82. The average molecular weight is 354 g/mol. The van der Waals surface area contributed by atoms with Gasteiger partial charge in [-0.15, -0.1) is 11.3 Å². The zero-order valence-electron chi connectivity index (χ0n) is 15.3. The summed E-state index contributed by atoms with van der Waals surface area (Å²) >= 11 is 1.80. The summed E-state index contributed by atoms with van der Waals surface area (Å²) in [6.07, 6.45) is 4.92. The van der Waals surface area contributed by atoms with E-state index in [0.29, 0.717) is 6.61 Å². The standard InChI is InChI=1S/C19H31NO3S/c1-4-6-11-23-18(21)20-10-9-19(14-20,15-22-5-2)8-7-17-12-16(3)24-13-17/h12-13H,4-11,14-15H2,1-3H3/t19-/m1/s1. The van der Waals surface area contributed by atoms with Crippen LogP contribution in [0.4, 0.5) is 4.79 Å². The van der Waals surface area contributed by atoms with Crippen molar-refractivity contribution >= 4 is 17.4 Å². The topological polar surface area (TPSA) is 38.8 Å². The summed E-state index contributed by atoms with van der Waals surface area (Å²) < 4.78 is 11.1. The van der Waals surface area contributed by atoms with Gasteiger partial charge in [-0.2, -0.15) is 0 Å². The zero-order valence-corrected chi connectivity index (χ0v) is 16.1. The summed E-state index contributed by atoms with van der Waals surface area (Å²) in [5.74, 6) is 0. The molecule has 1 aliphatic rings. The Kier molecular flexibility index (Phi) is 7.56. The molecule has 0 saturated carbocycles. The normalized spacial score (nSPS) is 20.5. The van der Waals surface area contributed by atoms with Gasteiger partial charge in [0.15, 0.2) is 0 Å². The van der Waals surface area contributed by atoms with E-state index in [2.05, 4.69) is 25.3 Å². The maximum Gasteiger partial charge on any atom is 0.409 e. The first-order valence-corrected chi connectivity index (χ1v) is 10.00. The van der Waals surface area contributed by atoms with Gasteiger partial charge in [0.1, 0.15) is 0 Å². The van der Waals surface area contributed by atoms with E-state index in [0.717, 1.165) is 58.4 Å². The quantitative estimate of drug-likeness (QED) is 0.606. The average Bonchev–Trinajstić information content (AvgIpc) is 3.18. The molecule has 24 heavy (non-hydrogen) atoms. The summed E-state index contributed by atoms with van der Waals surface area (Å²) in [6.45, 7) is 9.78. The second-order valence-electron chi connectivity index (χ2n) is 6.84. The van der Waals surface area contributed by atoms with E-state index in [1.165, 1.54) is 10.4 Å². The van der Waals surface area contributed by atoms with Crippen molar-refractivity contribution in [3.05, 3.63) is 21.9 Å². The lowest BCUT2D eigenvalue weighted by Gasteiger charge is -2.29. The second kappa shape index (κ2) is 9.42. The minimum Gasteiger partial charge on any atom is -0.449 e. The maximum atomic E-state index is 12.2. The fourth-order valence-electron chi connectivity index (χ4n) is 3.24. The molecule has 2 heterocycles. The van der Waals surface area contributed by atoms with Crippen LogP contribution in [0.15, 0.2) is 11.4 Å². The Bertz CT molecular complexity index is 516. The molecule has 4 nitrogen and oxygen atoms in total. The molecule has 1 atom stereocenters. The highest BCUT2D eigenvalue weighted by atomic mass is 32.1. The lowest BCUT2D eigenvalue weighted by molar-refractivity contribution is 0.0467. The Hall–Kier alpha value is -1.07. The van der Waals surface area contributed by atoms with Crippen molar-refractivity contribution in [2.75, 3.05) is 32.9 Å². The molecule has 2 rings (SSSR count). The third kappa shape index (κ3) is 5.49. The van der Waals surface area contributed by atoms with Crippen LogP contribution in [0, 0.1) is 12.3 Å². The van der Waals surface area contributed by atoms with E-state index in [4.69, 9.17) is 9.47 Å². The van der Waals surface area contributed by atoms with Crippen LogP contribution in [-0.4, -0.2) is 43.9 Å². The van der Waals surface area contributed by atoms with E-state index in [-0.39, 0.29) is 11.5 Å². The van der Waals surface area contributed by atoms with Gasteiger partial charge in [-0.05, 0) is 56.5 Å². The molecule has 1 aromatic heterocycles. The summed E-state index contributed by atoms with van der Waals surface area (Å²) in [4.78, 5) is 15.5. The number of carbonyl (C=O) groups excluding carboxylic acids is 1. The van der Waals surface area contributed by atoms with Crippen molar-refractivity contribution in [3.63, 3.8) is 0 Å². The summed E-state index contributed by atoms with van der Waals surface area (Å²) in [7, 11) is 0. The van der Waals surface area contributed by atoms with Gasteiger partial charge < -0.3 is 14.4 Å². The highest BCUT2D eigenvalue weighted by molar-refractivity contribution is 7.10. The van der Waals surface area contributed by atoms with Crippen molar-refractivity contribution in [3.8, 4) is 0 Å². The molecule has 0 aromatic carbocycles. The monoisotopic (exact) mass is 353 g/mol. The Morgan fingerprint density at radius 3 is 2.92 bits per heavy atom. The number of unbranched alkanes of at least 4 members (excludes halogenated alkanes) is 1. The number of amides is 1. The molecule has 0 unspecified atom stereocenters. The summed E-state index contributed by atoms with van der Waals surface area (Å²) in [5.41, 5.74) is 1.47. The van der Waals surface area contributed by atoms with Crippen LogP contribution in [0.1, 0.15) is 50.0 Å². The molecule has 0 bridgehead atoms. The van der Waals surface area contributed by atoms with Crippen molar-refractivity contribution < 1.29 is 14.3 Å². The van der Waals surface area contributed by atoms with Gasteiger partial charge >= 0.3 is 6.09 Å². The van der Waals surface area contributed by atoms with Crippen LogP contribution in [0.25, 0.3) is 0 Å². The fraction of sp³-hybridized carbons (Fsp3) is 0.737. The van der Waals surface area contributed by atoms with Gasteiger partial charge in [0, 0.05) is 30.0 Å². The van der Waals surface area contributed by atoms with Gasteiger partial charge in [0.2, 0.25) is 0 Å². The molecule has 1 amide bonds. The summed E-state index contributed by atoms with van der Waals surface area (Å²) in [6, 6.07) is 2.27. The van der Waals surface area contributed by atoms with Crippen LogP contribution in [-0.2, 0) is 15.9 Å². The first kappa shape index (κ1) is 19.3. The molecule has 0 N–H and O–H groups in total. The molecule has 1 aromatic rings. The number of hydrogen-bond acceptors (Lipinski definition) is 4. The molecular weight excluding hydrogens is 322 g/mol. The Morgan fingerprint density at radius 2 is 2.25 bits per heavy atom. The third-order valence-electron chi connectivity index (χ3n) is 4.76. The molecule has 1 saturated heterocycles. The lowest BCUT2D eigenvalue weighted by Crippen LogP contribution is -2.35. The van der Waals surface area contributed by atoms with Crippen molar-refractivity contribution in [1.29, 1.82) is 0 Å². The van der Waals surface area contributed by atoms with Gasteiger partial charge in [-0.3, -0.25) is 0 Å². The predicted molar refractivity (Wildman–Crippen MR) is 98.7 cm³/mol. The molecule has 5 heteroatoms. The molecular formula is C19H31NO3S. The Morgan fingerprint density at radius 1 is 1.42 bits per heavy atom. The van der Waals surface area contributed by atoms with E-state index in [1.807, 2.05) is 11.8 Å². The van der Waals surface area contributed by atoms with Crippen molar-refractivity contribution in [1.82, 2.24) is 4.90 Å². The fourth-order valence-corrected chi connectivity index (χ4v) is 3.98. The largest absolute Gasteiger partial charge is 0.449 e. The van der Waals surface area contributed by atoms with Gasteiger partial charge in [-0.25, -0.2) is 4.79 Å². The second-order valence-corrected chi connectivity index (χ2v) is 7.96. The smallest absolute Gasteiger partial charge is 0.409 e. The highest BCUT2D eigenvalue weighted by Crippen LogP contribution is 2.36. The van der Waals surface area contributed by atoms with Gasteiger partial charge in [0.25, 0.3) is 0 Å². The van der Waals surface area contributed by atoms with Crippen LogP contribution in [0.2, 0.25) is 0 Å². The van der Waals surface area contributed by atoms with Crippen LogP contribution >= 0.6 is 11.3 Å². The van der Waals surface area contributed by atoms with Gasteiger partial charge in [0.05, 0.1) is 13.2 Å². The van der Waals surface area contributed by atoms with E-state index < -0.39 is 0 Å². The molecule has 0 radical (unpaired) electrons. The molecule has 1 fully saturated rings. The number of hydrogen-bond donors (Lipinski definition) is 0. The van der Waals surface area contributed by atoms with E-state index >= 15 is 0 Å². The number of rotatable bonds is 9. The molecule has 1 aliphatic heterocycles. The number of aryl methyl sites for hydroxylation is 2. The molecule has 0 spiro atoms. The summed E-state index contributed by atoms with van der Waals surface area (Å²) in [5, 5.41) is 2.25. The molecule has 136 valence electrons. The minimum absolute atomic E-state index is 0.0651. The Balaban J connectivity index is 1.91. The third-order valence-corrected chi connectivity index (χ3v) is 5.67. The van der Waals surface area contributed by atoms with E-state index in [1.54, 1.807) is 11.3 Å². The first-order chi connectivity index (χ1) is 11.6. The first-order valence-electron chi connectivity index (χ1n) is 9.12. The maximum absolute atomic E-state index is 12.2. The number of thiophene rings is 1. The number of carbonyl (C=O) groups is 1. The van der Waals surface area contributed by atoms with Crippen LogP contribution in [0.3, 0.4) is 0 Å². The van der Waals surface area contributed by atoms with Crippen LogP contribution < -0.4 is 0 Å². The number of ether oxygens (including phenoxy) is 2. The highest BCUT2D eigenvalue weighted by Gasteiger charge is 2.40. The van der Waals surface area contributed by atoms with Crippen molar-refractivity contribution in [2.45, 2.75) is 52.9 Å².